The van der Waals surface area contributed by atoms with E-state index >= 15 is 0 Å². The zero-order valence-corrected chi connectivity index (χ0v) is 9.84. The van der Waals surface area contributed by atoms with Crippen molar-refractivity contribution in [2.45, 2.75) is 26.8 Å². The largest absolute Gasteiger partial charge is 0.339 e. The molecule has 0 bridgehead atoms. The molecule has 82 valence electrons. The second-order valence-corrected chi connectivity index (χ2v) is 4.39. The molecule has 0 spiro atoms. The standard InChI is InChI=1S/C12H16ClNO/c1-9(2)7-10-3-5-11(6-4-10)8-14-12(13)15/h3-6,9H,7-8H2,1-2H3,(H,14,15). The Bertz CT molecular complexity index is 319. The second kappa shape index (κ2) is 5.76. The van der Waals surface area contributed by atoms with E-state index in [0.29, 0.717) is 12.5 Å². The minimum atomic E-state index is -0.513. The van der Waals surface area contributed by atoms with E-state index in [1.165, 1.54) is 5.56 Å². The highest BCUT2D eigenvalue weighted by molar-refractivity contribution is 6.62. The molecule has 0 saturated heterocycles. The molecular formula is C12H16ClNO. The molecule has 0 unspecified atom stereocenters. The van der Waals surface area contributed by atoms with Gasteiger partial charge in [0.1, 0.15) is 0 Å². The first-order valence-corrected chi connectivity index (χ1v) is 5.47. The molecule has 1 aromatic carbocycles. The summed E-state index contributed by atoms with van der Waals surface area (Å²) in [5, 5.41) is 2.04. The maximum atomic E-state index is 10.5. The van der Waals surface area contributed by atoms with Crippen LogP contribution >= 0.6 is 11.6 Å². The molecule has 1 aromatic rings. The average molecular weight is 226 g/mol. The summed E-state index contributed by atoms with van der Waals surface area (Å²) in [7, 11) is 0. The fourth-order valence-corrected chi connectivity index (χ4v) is 1.50. The van der Waals surface area contributed by atoms with Crippen LogP contribution in [0.25, 0.3) is 0 Å². The van der Waals surface area contributed by atoms with Crippen molar-refractivity contribution in [1.29, 1.82) is 0 Å². The Balaban J connectivity index is 2.52. The van der Waals surface area contributed by atoms with Crippen LogP contribution in [0.5, 0.6) is 0 Å². The van der Waals surface area contributed by atoms with Gasteiger partial charge in [-0.3, -0.25) is 4.79 Å². The number of benzene rings is 1. The van der Waals surface area contributed by atoms with Gasteiger partial charge in [0.05, 0.1) is 0 Å². The topological polar surface area (TPSA) is 29.1 Å². The van der Waals surface area contributed by atoms with E-state index in [4.69, 9.17) is 11.6 Å². The average Bonchev–Trinajstić information content (AvgIpc) is 2.16. The Morgan fingerprint density at radius 3 is 2.27 bits per heavy atom. The molecule has 1 rings (SSSR count). The van der Waals surface area contributed by atoms with Crippen molar-refractivity contribution in [3.63, 3.8) is 0 Å². The molecule has 0 aromatic heterocycles. The van der Waals surface area contributed by atoms with Crippen molar-refractivity contribution in [2.75, 3.05) is 0 Å². The zero-order valence-electron chi connectivity index (χ0n) is 9.09. The second-order valence-electron chi connectivity index (χ2n) is 4.04. The van der Waals surface area contributed by atoms with Gasteiger partial charge in [-0.25, -0.2) is 0 Å². The van der Waals surface area contributed by atoms with Gasteiger partial charge in [0, 0.05) is 6.54 Å². The summed E-state index contributed by atoms with van der Waals surface area (Å²) in [6.07, 6.45) is 1.09. The summed E-state index contributed by atoms with van der Waals surface area (Å²) in [4.78, 5) is 10.5. The van der Waals surface area contributed by atoms with Crippen molar-refractivity contribution in [1.82, 2.24) is 5.32 Å². The van der Waals surface area contributed by atoms with Crippen LogP contribution in [-0.4, -0.2) is 5.37 Å². The smallest absolute Gasteiger partial charge is 0.314 e. The summed E-state index contributed by atoms with van der Waals surface area (Å²) >= 11 is 5.18. The van der Waals surface area contributed by atoms with Gasteiger partial charge < -0.3 is 5.32 Å². The molecule has 15 heavy (non-hydrogen) atoms. The molecule has 0 heterocycles. The predicted molar refractivity (Wildman–Crippen MR) is 63.1 cm³/mol. The Hall–Kier alpha value is -1.02. The molecule has 1 N–H and O–H groups in total. The lowest BCUT2D eigenvalue weighted by molar-refractivity contribution is 0.259. The number of carbonyl (C=O) groups excluding carboxylic acids is 1. The lowest BCUT2D eigenvalue weighted by atomic mass is 10.0. The molecule has 0 aliphatic heterocycles. The van der Waals surface area contributed by atoms with Crippen LogP contribution in [0.15, 0.2) is 24.3 Å². The third-order valence-corrected chi connectivity index (χ3v) is 2.23. The quantitative estimate of drug-likeness (QED) is 0.618. The van der Waals surface area contributed by atoms with Crippen LogP contribution in [0, 0.1) is 5.92 Å². The van der Waals surface area contributed by atoms with E-state index in [0.717, 1.165) is 12.0 Å². The maximum absolute atomic E-state index is 10.5. The Morgan fingerprint density at radius 2 is 1.80 bits per heavy atom. The molecule has 2 nitrogen and oxygen atoms in total. The van der Waals surface area contributed by atoms with Crippen LogP contribution in [0.1, 0.15) is 25.0 Å². The van der Waals surface area contributed by atoms with Crippen molar-refractivity contribution >= 4 is 17.0 Å². The van der Waals surface area contributed by atoms with Crippen molar-refractivity contribution in [3.05, 3.63) is 35.4 Å². The van der Waals surface area contributed by atoms with E-state index in [9.17, 15) is 4.79 Å². The van der Waals surface area contributed by atoms with E-state index in [1.54, 1.807) is 0 Å². The van der Waals surface area contributed by atoms with Gasteiger partial charge in [-0.15, -0.1) is 0 Å². The Labute approximate surface area is 95.6 Å². The van der Waals surface area contributed by atoms with Gasteiger partial charge in [0.15, 0.2) is 0 Å². The molecule has 0 saturated carbocycles. The monoisotopic (exact) mass is 225 g/mol. The summed E-state index contributed by atoms with van der Waals surface area (Å²) in [5.74, 6) is 0.665. The highest BCUT2D eigenvalue weighted by Crippen LogP contribution is 2.09. The molecule has 0 aliphatic rings. The highest BCUT2D eigenvalue weighted by Gasteiger charge is 1.99. The number of hydrogen-bond donors (Lipinski definition) is 1. The van der Waals surface area contributed by atoms with E-state index in [2.05, 4.69) is 31.3 Å². The van der Waals surface area contributed by atoms with Gasteiger partial charge in [0.25, 0.3) is 0 Å². The third-order valence-electron chi connectivity index (χ3n) is 2.10. The first-order valence-electron chi connectivity index (χ1n) is 5.09. The fraction of sp³-hybridized carbons (Fsp3) is 0.417. The number of halogens is 1. The first-order chi connectivity index (χ1) is 7.08. The highest BCUT2D eigenvalue weighted by atomic mass is 35.5. The maximum Gasteiger partial charge on any atom is 0.314 e. The Morgan fingerprint density at radius 1 is 1.27 bits per heavy atom. The molecule has 1 amide bonds. The van der Waals surface area contributed by atoms with Crippen LogP contribution in [0.4, 0.5) is 4.79 Å². The van der Waals surface area contributed by atoms with Gasteiger partial charge in [-0.2, -0.15) is 0 Å². The van der Waals surface area contributed by atoms with Gasteiger partial charge >= 0.3 is 5.37 Å². The molecule has 0 aliphatic carbocycles. The minimum absolute atomic E-state index is 0.490. The van der Waals surface area contributed by atoms with Crippen LogP contribution < -0.4 is 5.32 Å². The summed E-state index contributed by atoms with van der Waals surface area (Å²) in [6.45, 7) is 4.88. The van der Waals surface area contributed by atoms with E-state index < -0.39 is 5.37 Å². The van der Waals surface area contributed by atoms with Crippen LogP contribution in [0.3, 0.4) is 0 Å². The molecule has 3 heteroatoms. The molecule has 0 radical (unpaired) electrons. The SMILES string of the molecule is CC(C)Cc1ccc(CNC(=O)Cl)cc1. The normalized spacial score (nSPS) is 10.4. The first kappa shape index (κ1) is 12.1. The minimum Gasteiger partial charge on any atom is -0.339 e. The van der Waals surface area contributed by atoms with E-state index in [1.807, 2.05) is 12.1 Å². The van der Waals surface area contributed by atoms with Gasteiger partial charge in [-0.05, 0) is 35.1 Å². The van der Waals surface area contributed by atoms with Crippen molar-refractivity contribution < 1.29 is 4.79 Å². The predicted octanol–water partition coefficient (Wildman–Crippen LogP) is 3.33. The molecule has 0 fully saturated rings. The number of hydrogen-bond acceptors (Lipinski definition) is 1. The number of amides is 1. The third kappa shape index (κ3) is 4.84. The molecule has 0 atom stereocenters. The fourth-order valence-electron chi connectivity index (χ4n) is 1.44. The lowest BCUT2D eigenvalue weighted by Gasteiger charge is -2.06. The van der Waals surface area contributed by atoms with E-state index in [-0.39, 0.29) is 0 Å². The molecular weight excluding hydrogens is 210 g/mol. The number of nitrogens with one attached hydrogen (secondary N) is 1. The van der Waals surface area contributed by atoms with Crippen LogP contribution in [-0.2, 0) is 13.0 Å². The summed E-state index contributed by atoms with van der Waals surface area (Å²) < 4.78 is 0. The zero-order chi connectivity index (χ0) is 11.3. The van der Waals surface area contributed by atoms with Gasteiger partial charge in [0.2, 0.25) is 0 Å². The van der Waals surface area contributed by atoms with Gasteiger partial charge in [-0.1, -0.05) is 38.1 Å². The Kier molecular flexibility index (Phi) is 4.63. The summed E-state index contributed by atoms with van der Waals surface area (Å²) in [5.41, 5.74) is 2.39. The van der Waals surface area contributed by atoms with Crippen molar-refractivity contribution in [3.8, 4) is 0 Å². The lowest BCUT2D eigenvalue weighted by Crippen LogP contribution is -2.15. The summed E-state index contributed by atoms with van der Waals surface area (Å²) in [6, 6.07) is 8.22. The van der Waals surface area contributed by atoms with Crippen molar-refractivity contribution in [2.24, 2.45) is 5.92 Å². The van der Waals surface area contributed by atoms with Crippen LogP contribution in [0.2, 0.25) is 0 Å². The number of rotatable bonds is 4. The number of carbonyl (C=O) groups is 1.